The van der Waals surface area contributed by atoms with Crippen molar-refractivity contribution in [1.82, 2.24) is 5.70 Å². The highest BCUT2D eigenvalue weighted by atomic mass is 28.3. The first-order valence-corrected chi connectivity index (χ1v) is 2.29. The molecular formula is H2FNO3Si. The van der Waals surface area contributed by atoms with Crippen LogP contribution in [-0.2, 0) is 8.99 Å². The SMILES string of the molecule is O=[Si](O)ONF. The maximum Gasteiger partial charge on any atom is 0.787 e. The summed E-state index contributed by atoms with van der Waals surface area (Å²) in [5.41, 5.74) is 0.550. The van der Waals surface area contributed by atoms with Gasteiger partial charge in [0.25, 0.3) is 0 Å². The second kappa shape index (κ2) is 2.73. The predicted molar refractivity (Wildman–Crippen MR) is 14.0 cm³/mol. The molecule has 36 valence electrons. The van der Waals surface area contributed by atoms with Crippen LogP contribution in [0, 0.1) is 0 Å². The zero-order valence-corrected chi connectivity index (χ0v) is 3.64. The van der Waals surface area contributed by atoms with Gasteiger partial charge in [-0.15, -0.1) is 0 Å². The second-order valence-corrected chi connectivity index (χ2v) is 1.18. The van der Waals surface area contributed by atoms with Gasteiger partial charge in [0.1, 0.15) is 0 Å². The fourth-order valence-electron chi connectivity index (χ4n) is 0.0330. The van der Waals surface area contributed by atoms with E-state index in [9.17, 15) is 8.94 Å². The van der Waals surface area contributed by atoms with E-state index >= 15 is 0 Å². The summed E-state index contributed by atoms with van der Waals surface area (Å²) in [5.74, 6) is 0. The van der Waals surface area contributed by atoms with E-state index in [1.54, 1.807) is 0 Å². The van der Waals surface area contributed by atoms with Crippen LogP contribution in [0.3, 0.4) is 0 Å². The number of nitrogens with one attached hydrogen (secondary N) is 1. The molecule has 0 bridgehead atoms. The standard InChI is InChI=1S/FH2NO3Si/c1-2-5-6(3)4/h2-3H. The molecule has 0 rings (SSSR count). The van der Waals surface area contributed by atoms with Crippen molar-refractivity contribution in [2.24, 2.45) is 0 Å². The Labute approximate surface area is 34.3 Å². The van der Waals surface area contributed by atoms with Crippen LogP contribution >= 0.6 is 0 Å². The first-order valence-electron chi connectivity index (χ1n) is 1.02. The zero-order valence-electron chi connectivity index (χ0n) is 2.64. The van der Waals surface area contributed by atoms with Crippen LogP contribution in [-0.4, -0.2) is 14.0 Å². The molecule has 0 atom stereocenters. The van der Waals surface area contributed by atoms with Crippen LogP contribution in [0.1, 0.15) is 0 Å². The van der Waals surface area contributed by atoms with Crippen molar-refractivity contribution in [3.8, 4) is 0 Å². The van der Waals surface area contributed by atoms with Crippen LogP contribution in [0.25, 0.3) is 0 Å². The molecule has 0 saturated carbocycles. The van der Waals surface area contributed by atoms with Gasteiger partial charge in [0.15, 0.2) is 0 Å². The van der Waals surface area contributed by atoms with E-state index in [2.05, 4.69) is 4.53 Å². The third-order valence-electron chi connectivity index (χ3n) is 0.126. The molecule has 0 aromatic rings. The van der Waals surface area contributed by atoms with Gasteiger partial charge >= 0.3 is 9.17 Å². The van der Waals surface area contributed by atoms with Gasteiger partial charge in [-0.1, -0.05) is 4.48 Å². The van der Waals surface area contributed by atoms with Gasteiger partial charge in [-0.3, -0.25) is 4.46 Å². The quantitative estimate of drug-likeness (QED) is 0.267. The Bertz CT molecular complexity index is 54.8. The Balaban J connectivity index is 2.83. The highest BCUT2D eigenvalue weighted by Crippen LogP contribution is 1.56. The van der Waals surface area contributed by atoms with Gasteiger partial charge in [0, 0.05) is 5.70 Å². The summed E-state index contributed by atoms with van der Waals surface area (Å²) < 4.78 is 22.9. The Hall–Kier alpha value is -0.493. The molecule has 0 saturated heterocycles. The molecule has 0 aliphatic carbocycles. The van der Waals surface area contributed by atoms with E-state index in [1.165, 1.54) is 0 Å². The van der Waals surface area contributed by atoms with Crippen molar-refractivity contribution in [1.29, 1.82) is 0 Å². The molecule has 0 aromatic heterocycles. The van der Waals surface area contributed by atoms with E-state index in [0.29, 0.717) is 5.70 Å². The first-order chi connectivity index (χ1) is 2.77. The minimum absolute atomic E-state index is 0.550. The highest BCUT2D eigenvalue weighted by molar-refractivity contribution is 6.23. The maximum absolute atomic E-state index is 10.4. The van der Waals surface area contributed by atoms with Crippen molar-refractivity contribution < 1.29 is 18.3 Å². The second-order valence-electron chi connectivity index (χ2n) is 0.445. The minimum Gasteiger partial charge on any atom is -0.510 e. The fraction of sp³-hybridized carbons (Fsp3) is 0. The van der Waals surface area contributed by atoms with Crippen molar-refractivity contribution in [3.63, 3.8) is 0 Å². The molecule has 0 fully saturated rings. The number of halogens is 1. The summed E-state index contributed by atoms with van der Waals surface area (Å²) in [4.78, 5) is 7.57. The number of hydrogen-bond donors (Lipinski definition) is 2. The molecule has 6 heteroatoms. The molecule has 0 aliphatic heterocycles. The summed E-state index contributed by atoms with van der Waals surface area (Å²) in [7, 11) is -3.12. The molecule has 0 aliphatic rings. The lowest BCUT2D eigenvalue weighted by Crippen LogP contribution is -2.12. The van der Waals surface area contributed by atoms with Crippen LogP contribution < -0.4 is 5.70 Å². The molecule has 0 radical (unpaired) electrons. The molecule has 6 heavy (non-hydrogen) atoms. The van der Waals surface area contributed by atoms with Crippen LogP contribution in [0.15, 0.2) is 0 Å². The molecule has 4 nitrogen and oxygen atoms in total. The van der Waals surface area contributed by atoms with Crippen molar-refractivity contribution >= 4 is 9.17 Å². The molecule has 0 heterocycles. The lowest BCUT2D eigenvalue weighted by Gasteiger charge is -1.83. The largest absolute Gasteiger partial charge is 0.787 e. The average molecular weight is 111 g/mol. The number of rotatable bonds is 2. The zero-order chi connectivity index (χ0) is 4.99. The molecule has 0 spiro atoms. The third-order valence-corrected chi connectivity index (χ3v) is 0.378. The summed E-state index contributed by atoms with van der Waals surface area (Å²) in [6, 6.07) is 0. The van der Waals surface area contributed by atoms with E-state index < -0.39 is 9.17 Å². The predicted octanol–water partition coefficient (Wildman–Crippen LogP) is -1.20. The third kappa shape index (κ3) is 3.51. The minimum atomic E-state index is -3.12. The van der Waals surface area contributed by atoms with E-state index in [-0.39, 0.29) is 0 Å². The number of hydrogen-bond acceptors (Lipinski definition) is 3. The topological polar surface area (TPSA) is 58.6 Å². The average Bonchev–Trinajstić information content (AvgIpc) is 1.35. The van der Waals surface area contributed by atoms with Crippen LogP contribution in [0.5, 0.6) is 0 Å². The molecule has 0 unspecified atom stereocenters. The molecular weight excluding hydrogens is 109 g/mol. The van der Waals surface area contributed by atoms with Crippen LogP contribution in [0.2, 0.25) is 0 Å². The Kier molecular flexibility index (Phi) is 2.50. The van der Waals surface area contributed by atoms with E-state index in [1.807, 2.05) is 0 Å². The van der Waals surface area contributed by atoms with Gasteiger partial charge in [-0.2, -0.15) is 0 Å². The summed E-state index contributed by atoms with van der Waals surface area (Å²) in [6.45, 7) is 0. The maximum atomic E-state index is 10.4. The van der Waals surface area contributed by atoms with Crippen molar-refractivity contribution in [2.75, 3.05) is 0 Å². The Morgan fingerprint density at radius 3 is 2.50 bits per heavy atom. The van der Waals surface area contributed by atoms with Crippen molar-refractivity contribution in [3.05, 3.63) is 0 Å². The van der Waals surface area contributed by atoms with E-state index in [4.69, 9.17) is 4.80 Å². The summed E-state index contributed by atoms with van der Waals surface area (Å²) in [6.07, 6.45) is 0. The molecule has 2 N–H and O–H groups in total. The fourth-order valence-corrected chi connectivity index (χ4v) is 0.0990. The van der Waals surface area contributed by atoms with E-state index in [0.717, 1.165) is 0 Å². The van der Waals surface area contributed by atoms with Gasteiger partial charge in [0.2, 0.25) is 0 Å². The summed E-state index contributed by atoms with van der Waals surface area (Å²) in [5, 5.41) is 0. The van der Waals surface area contributed by atoms with Gasteiger partial charge < -0.3 is 9.32 Å². The van der Waals surface area contributed by atoms with Crippen LogP contribution in [0.4, 0.5) is 4.48 Å². The summed E-state index contributed by atoms with van der Waals surface area (Å²) >= 11 is 0. The lowest BCUT2D eigenvalue weighted by atomic mass is 13.4. The van der Waals surface area contributed by atoms with Gasteiger partial charge in [0.05, 0.1) is 0 Å². The Morgan fingerprint density at radius 2 is 2.50 bits per heavy atom. The van der Waals surface area contributed by atoms with Gasteiger partial charge in [-0.05, 0) is 0 Å². The normalized spacial score (nSPS) is 7.50. The Morgan fingerprint density at radius 1 is 2.00 bits per heavy atom. The first kappa shape index (κ1) is 5.51. The van der Waals surface area contributed by atoms with Crippen molar-refractivity contribution in [2.45, 2.75) is 0 Å². The highest BCUT2D eigenvalue weighted by Gasteiger charge is 1.99. The monoisotopic (exact) mass is 111 g/mol. The molecule has 0 amide bonds. The smallest absolute Gasteiger partial charge is 0.510 e. The lowest BCUT2D eigenvalue weighted by molar-refractivity contribution is 0.0159. The van der Waals surface area contributed by atoms with Gasteiger partial charge in [-0.25, -0.2) is 0 Å². The molecule has 0 aromatic carbocycles.